The maximum atomic E-state index is 11.0. The summed E-state index contributed by atoms with van der Waals surface area (Å²) >= 11 is 3.24. The number of halogens is 1. The van der Waals surface area contributed by atoms with Crippen molar-refractivity contribution in [2.24, 2.45) is 5.73 Å². The Morgan fingerprint density at radius 1 is 1.35 bits per heavy atom. The summed E-state index contributed by atoms with van der Waals surface area (Å²) in [5.74, 6) is 0.207. The van der Waals surface area contributed by atoms with Crippen LogP contribution in [-0.2, 0) is 0 Å². The lowest BCUT2D eigenvalue weighted by Crippen LogP contribution is -2.45. The van der Waals surface area contributed by atoms with Crippen molar-refractivity contribution < 1.29 is 9.66 Å². The van der Waals surface area contributed by atoms with E-state index in [1.807, 2.05) is 0 Å². The van der Waals surface area contributed by atoms with Gasteiger partial charge in [-0.05, 0) is 28.8 Å². The van der Waals surface area contributed by atoms with E-state index in [2.05, 4.69) is 20.9 Å². The van der Waals surface area contributed by atoms with Crippen LogP contribution < -0.4 is 10.5 Å². The largest absolute Gasteiger partial charge is 0.484 e. The monoisotopic (exact) mass is 343 g/mol. The first-order valence-electron chi connectivity index (χ1n) is 6.71. The fourth-order valence-electron chi connectivity index (χ4n) is 2.48. The topological polar surface area (TPSA) is 91.3 Å². The lowest BCUT2D eigenvalue weighted by atomic mass is 9.92. The van der Waals surface area contributed by atoms with Crippen LogP contribution >= 0.6 is 15.9 Å². The van der Waals surface area contributed by atoms with Crippen LogP contribution in [0.5, 0.6) is 5.75 Å². The van der Waals surface area contributed by atoms with Gasteiger partial charge in [0.2, 0.25) is 5.75 Å². The first-order valence-corrected chi connectivity index (χ1v) is 7.51. The van der Waals surface area contributed by atoms with E-state index >= 15 is 0 Å². The van der Waals surface area contributed by atoms with Crippen molar-refractivity contribution in [3.05, 3.63) is 27.0 Å². The molecule has 1 saturated carbocycles. The van der Waals surface area contributed by atoms with E-state index in [9.17, 15) is 10.1 Å². The third-order valence-electron chi connectivity index (χ3n) is 3.63. The minimum Gasteiger partial charge on any atom is -0.484 e. The first kappa shape index (κ1) is 15.2. The summed E-state index contributed by atoms with van der Waals surface area (Å²) in [5.41, 5.74) is 5.82. The van der Waals surface area contributed by atoms with E-state index < -0.39 is 10.5 Å². The molecule has 1 fully saturated rings. The average Bonchev–Trinajstić information content (AvgIpc) is 2.62. The number of hydrogen-bond acceptors (Lipinski definition) is 5. The predicted molar refractivity (Wildman–Crippen MR) is 78.7 cm³/mol. The van der Waals surface area contributed by atoms with Crippen molar-refractivity contribution in [2.45, 2.75) is 44.1 Å². The summed E-state index contributed by atoms with van der Waals surface area (Å²) in [7, 11) is 0. The predicted octanol–water partition coefficient (Wildman–Crippen LogP) is 3.18. The van der Waals surface area contributed by atoms with E-state index in [1.165, 1.54) is 25.2 Å². The quantitative estimate of drug-likeness (QED) is 0.515. The molecule has 0 aliphatic heterocycles. The van der Waals surface area contributed by atoms with Crippen LogP contribution in [0.25, 0.3) is 0 Å². The first-order chi connectivity index (χ1) is 9.52. The van der Waals surface area contributed by atoms with E-state index in [4.69, 9.17) is 10.5 Å². The molecule has 0 bridgehead atoms. The zero-order chi connectivity index (χ0) is 14.6. The molecular weight excluding hydrogens is 326 g/mol. The molecule has 7 heteroatoms. The molecule has 1 aromatic rings. The van der Waals surface area contributed by atoms with Crippen LogP contribution in [0.3, 0.4) is 0 Å². The third-order valence-corrected chi connectivity index (χ3v) is 4.20. The van der Waals surface area contributed by atoms with Crippen LogP contribution in [0.15, 0.2) is 16.9 Å². The number of nitrogens with zero attached hydrogens (tertiary/aromatic N) is 2. The maximum absolute atomic E-state index is 11.0. The Balaban J connectivity index is 2.12. The minimum atomic E-state index is -0.497. The molecule has 110 valence electrons. The molecule has 20 heavy (non-hydrogen) atoms. The number of nitrogens with two attached hydrogens (primary N) is 1. The molecule has 0 atom stereocenters. The van der Waals surface area contributed by atoms with Gasteiger partial charge >= 0.3 is 5.69 Å². The molecule has 1 aromatic heterocycles. The number of pyridine rings is 1. The highest BCUT2D eigenvalue weighted by Gasteiger charge is 2.29. The van der Waals surface area contributed by atoms with Gasteiger partial charge in [0.25, 0.3) is 0 Å². The third kappa shape index (κ3) is 3.67. The summed E-state index contributed by atoms with van der Waals surface area (Å²) in [6.45, 7) is 0.288. The van der Waals surface area contributed by atoms with Gasteiger partial charge in [-0.25, -0.2) is 0 Å². The van der Waals surface area contributed by atoms with Crippen molar-refractivity contribution in [3.8, 4) is 5.75 Å². The number of rotatable bonds is 4. The second kappa shape index (κ2) is 6.49. The fourth-order valence-corrected chi connectivity index (χ4v) is 2.91. The lowest BCUT2D eigenvalue weighted by molar-refractivity contribution is -0.386. The molecule has 0 saturated heterocycles. The van der Waals surface area contributed by atoms with E-state index in [0.717, 1.165) is 25.7 Å². The number of ether oxygens (including phenoxy) is 1. The van der Waals surface area contributed by atoms with Crippen molar-refractivity contribution >= 4 is 21.6 Å². The summed E-state index contributed by atoms with van der Waals surface area (Å²) < 4.78 is 6.15. The molecule has 0 radical (unpaired) electrons. The number of hydrogen-bond donors (Lipinski definition) is 1. The SMILES string of the molecule is NC1(COc2c(Br)cncc2[N+](=O)[O-])CCCCCC1. The fraction of sp³-hybridized carbons (Fsp3) is 0.615. The minimum absolute atomic E-state index is 0.142. The molecule has 6 nitrogen and oxygen atoms in total. The van der Waals surface area contributed by atoms with E-state index in [0.29, 0.717) is 4.47 Å². The Morgan fingerprint density at radius 2 is 2.00 bits per heavy atom. The molecule has 1 heterocycles. The summed E-state index contributed by atoms with van der Waals surface area (Å²) in [5, 5.41) is 11.0. The molecule has 2 rings (SSSR count). The highest BCUT2D eigenvalue weighted by Crippen LogP contribution is 2.35. The van der Waals surface area contributed by atoms with Gasteiger partial charge in [-0.1, -0.05) is 25.7 Å². The molecule has 0 amide bonds. The van der Waals surface area contributed by atoms with Crippen molar-refractivity contribution in [3.63, 3.8) is 0 Å². The molecule has 1 aliphatic carbocycles. The Bertz CT molecular complexity index is 488. The Morgan fingerprint density at radius 3 is 2.60 bits per heavy atom. The van der Waals surface area contributed by atoms with Gasteiger partial charge in [-0.3, -0.25) is 15.1 Å². The lowest BCUT2D eigenvalue weighted by Gasteiger charge is -2.27. The molecule has 2 N–H and O–H groups in total. The zero-order valence-corrected chi connectivity index (χ0v) is 12.8. The summed E-state index contributed by atoms with van der Waals surface area (Å²) in [6, 6.07) is 0. The van der Waals surface area contributed by atoms with Gasteiger partial charge in [0.1, 0.15) is 12.8 Å². The Hall–Kier alpha value is -1.21. The summed E-state index contributed by atoms with van der Waals surface area (Å²) in [4.78, 5) is 14.3. The van der Waals surface area contributed by atoms with Gasteiger partial charge in [0.15, 0.2) is 0 Å². The van der Waals surface area contributed by atoms with Gasteiger partial charge in [0.05, 0.1) is 14.9 Å². The van der Waals surface area contributed by atoms with Gasteiger partial charge in [-0.15, -0.1) is 0 Å². The zero-order valence-electron chi connectivity index (χ0n) is 11.2. The van der Waals surface area contributed by atoms with E-state index in [1.54, 1.807) is 0 Å². The van der Waals surface area contributed by atoms with Crippen LogP contribution in [0.1, 0.15) is 38.5 Å². The Kier molecular flexibility index (Phi) is 4.93. The highest BCUT2D eigenvalue weighted by atomic mass is 79.9. The van der Waals surface area contributed by atoms with Gasteiger partial charge < -0.3 is 10.5 Å². The van der Waals surface area contributed by atoms with Gasteiger partial charge in [0, 0.05) is 6.20 Å². The Labute approximate surface area is 126 Å². The second-order valence-electron chi connectivity index (χ2n) is 5.29. The van der Waals surface area contributed by atoms with Crippen LogP contribution in [0.2, 0.25) is 0 Å². The smallest absolute Gasteiger partial charge is 0.330 e. The average molecular weight is 344 g/mol. The number of nitro groups is 1. The maximum Gasteiger partial charge on any atom is 0.330 e. The second-order valence-corrected chi connectivity index (χ2v) is 6.15. The molecule has 0 aromatic carbocycles. The molecular formula is C13H18BrN3O3. The molecule has 0 spiro atoms. The highest BCUT2D eigenvalue weighted by molar-refractivity contribution is 9.10. The van der Waals surface area contributed by atoms with Crippen LogP contribution in [0, 0.1) is 10.1 Å². The van der Waals surface area contributed by atoms with Crippen LogP contribution in [0.4, 0.5) is 5.69 Å². The molecule has 0 unspecified atom stereocenters. The van der Waals surface area contributed by atoms with Crippen molar-refractivity contribution in [1.29, 1.82) is 0 Å². The van der Waals surface area contributed by atoms with Crippen LogP contribution in [-0.4, -0.2) is 22.1 Å². The van der Waals surface area contributed by atoms with Gasteiger partial charge in [-0.2, -0.15) is 0 Å². The standard InChI is InChI=1S/C13H18BrN3O3/c14-10-7-16-8-11(17(18)19)12(10)20-9-13(15)5-3-1-2-4-6-13/h7-8H,1-6,9,15H2. The van der Waals surface area contributed by atoms with Crippen molar-refractivity contribution in [1.82, 2.24) is 4.98 Å². The summed E-state index contributed by atoms with van der Waals surface area (Å²) in [6.07, 6.45) is 9.01. The van der Waals surface area contributed by atoms with E-state index in [-0.39, 0.29) is 18.0 Å². The normalized spacial score (nSPS) is 18.3. The molecule has 1 aliphatic rings. The van der Waals surface area contributed by atoms with Crippen molar-refractivity contribution in [2.75, 3.05) is 6.61 Å². The number of aromatic nitrogens is 1.